The minimum absolute atomic E-state index is 0.200. The molecule has 0 aromatic carbocycles. The highest BCUT2D eigenvalue weighted by atomic mass is 16.4. The molecule has 0 spiro atoms. The average Bonchev–Trinajstić information content (AvgIpc) is 2.98. The summed E-state index contributed by atoms with van der Waals surface area (Å²) in [6, 6.07) is 2.02. The fourth-order valence-electron chi connectivity index (χ4n) is 1.68. The van der Waals surface area contributed by atoms with E-state index in [4.69, 9.17) is 5.11 Å². The zero-order valence-corrected chi connectivity index (χ0v) is 7.94. The molecular weight excluding hydrogens is 178 g/mol. The van der Waals surface area contributed by atoms with Crippen molar-refractivity contribution in [1.82, 2.24) is 4.98 Å². The second-order valence-electron chi connectivity index (χ2n) is 3.74. The lowest BCUT2D eigenvalue weighted by atomic mass is 10.0. The Labute approximate surface area is 82.8 Å². The number of aromatic nitrogens is 1. The summed E-state index contributed by atoms with van der Waals surface area (Å²) < 4.78 is 0. The number of hydrogen-bond donors (Lipinski definition) is 1. The summed E-state index contributed by atoms with van der Waals surface area (Å²) in [6.07, 6.45) is 6.88. The van der Waals surface area contributed by atoms with Gasteiger partial charge in [0.2, 0.25) is 0 Å². The molecule has 1 heterocycles. The molecule has 0 bridgehead atoms. The van der Waals surface area contributed by atoms with E-state index in [1.807, 2.05) is 6.07 Å². The smallest absolute Gasteiger partial charge is 0.303 e. The van der Waals surface area contributed by atoms with Gasteiger partial charge in [-0.05, 0) is 42.4 Å². The van der Waals surface area contributed by atoms with Crippen LogP contribution in [-0.4, -0.2) is 16.1 Å². The number of nitrogens with zero attached hydrogens (tertiary/aromatic N) is 1. The number of pyridine rings is 1. The van der Waals surface area contributed by atoms with Gasteiger partial charge in [0.15, 0.2) is 0 Å². The molecule has 1 aliphatic rings. The second kappa shape index (κ2) is 3.78. The van der Waals surface area contributed by atoms with Crippen molar-refractivity contribution in [3.05, 3.63) is 29.6 Å². The molecule has 0 saturated heterocycles. The maximum atomic E-state index is 10.4. The van der Waals surface area contributed by atoms with Crippen LogP contribution in [0.15, 0.2) is 18.5 Å². The molecule has 1 N–H and O–H groups in total. The number of carboxylic acid groups (broad SMARTS) is 1. The number of carboxylic acids is 1. The van der Waals surface area contributed by atoms with Crippen molar-refractivity contribution in [3.8, 4) is 0 Å². The van der Waals surface area contributed by atoms with Crippen LogP contribution in [0.4, 0.5) is 0 Å². The lowest BCUT2D eigenvalue weighted by Crippen LogP contribution is -2.00. The summed E-state index contributed by atoms with van der Waals surface area (Å²) in [5, 5.41) is 8.60. The fraction of sp³-hybridized carbons (Fsp3) is 0.455. The van der Waals surface area contributed by atoms with E-state index < -0.39 is 5.97 Å². The molecule has 1 saturated carbocycles. The van der Waals surface area contributed by atoms with E-state index in [1.54, 1.807) is 12.4 Å². The molecule has 0 aliphatic heterocycles. The number of aryl methyl sites for hydroxylation is 1. The van der Waals surface area contributed by atoms with Crippen LogP contribution in [0.25, 0.3) is 0 Å². The van der Waals surface area contributed by atoms with Gasteiger partial charge in [-0.25, -0.2) is 0 Å². The fourth-order valence-corrected chi connectivity index (χ4v) is 1.68. The van der Waals surface area contributed by atoms with Gasteiger partial charge in [-0.3, -0.25) is 9.78 Å². The highest BCUT2D eigenvalue weighted by Gasteiger charge is 2.25. The molecule has 3 heteroatoms. The maximum absolute atomic E-state index is 10.4. The normalized spacial score (nSPS) is 15.4. The summed E-state index contributed by atoms with van der Waals surface area (Å²) in [4.78, 5) is 14.5. The number of carbonyl (C=O) groups is 1. The quantitative estimate of drug-likeness (QED) is 0.791. The first-order valence-corrected chi connectivity index (χ1v) is 4.92. The molecule has 0 unspecified atom stereocenters. The first kappa shape index (κ1) is 9.19. The summed E-state index contributed by atoms with van der Waals surface area (Å²) in [5.41, 5.74) is 2.42. The highest BCUT2D eigenvalue weighted by molar-refractivity contribution is 5.67. The van der Waals surface area contributed by atoms with Crippen molar-refractivity contribution in [2.45, 2.75) is 31.6 Å². The molecule has 3 nitrogen and oxygen atoms in total. The molecule has 0 atom stereocenters. The van der Waals surface area contributed by atoms with E-state index in [0.717, 1.165) is 5.56 Å². The Bertz CT molecular complexity index is 345. The third-order valence-electron chi connectivity index (χ3n) is 2.57. The Balaban J connectivity index is 2.10. The van der Waals surface area contributed by atoms with Gasteiger partial charge in [0.1, 0.15) is 0 Å². The molecular formula is C11H13NO2. The average molecular weight is 191 g/mol. The van der Waals surface area contributed by atoms with Crippen LogP contribution in [0.1, 0.15) is 36.3 Å². The lowest BCUT2D eigenvalue weighted by molar-refractivity contribution is -0.136. The SMILES string of the molecule is O=C(O)CCc1cnccc1C1CC1. The van der Waals surface area contributed by atoms with E-state index in [-0.39, 0.29) is 6.42 Å². The molecule has 0 radical (unpaired) electrons. The van der Waals surface area contributed by atoms with Crippen molar-refractivity contribution in [3.63, 3.8) is 0 Å². The molecule has 14 heavy (non-hydrogen) atoms. The zero-order chi connectivity index (χ0) is 9.97. The summed E-state index contributed by atoms with van der Waals surface area (Å²) in [6.45, 7) is 0. The number of rotatable bonds is 4. The Morgan fingerprint density at radius 1 is 1.57 bits per heavy atom. The van der Waals surface area contributed by atoms with Gasteiger partial charge in [0.05, 0.1) is 0 Å². The van der Waals surface area contributed by atoms with Crippen molar-refractivity contribution >= 4 is 5.97 Å². The predicted molar refractivity (Wildman–Crippen MR) is 52.2 cm³/mol. The lowest BCUT2D eigenvalue weighted by Gasteiger charge is -2.05. The minimum Gasteiger partial charge on any atom is -0.481 e. The van der Waals surface area contributed by atoms with Gasteiger partial charge in [0, 0.05) is 18.8 Å². The molecule has 1 aliphatic carbocycles. The summed E-state index contributed by atoms with van der Waals surface area (Å²) in [5.74, 6) is -0.0719. The Kier molecular flexibility index (Phi) is 2.48. The van der Waals surface area contributed by atoms with Gasteiger partial charge in [-0.15, -0.1) is 0 Å². The molecule has 1 aromatic heterocycles. The van der Waals surface area contributed by atoms with Crippen LogP contribution in [0.3, 0.4) is 0 Å². The molecule has 1 fully saturated rings. The van der Waals surface area contributed by atoms with Gasteiger partial charge < -0.3 is 5.11 Å². The predicted octanol–water partition coefficient (Wildman–Crippen LogP) is 1.98. The van der Waals surface area contributed by atoms with Crippen molar-refractivity contribution in [1.29, 1.82) is 0 Å². The summed E-state index contributed by atoms with van der Waals surface area (Å²) >= 11 is 0. The van der Waals surface area contributed by atoms with Gasteiger partial charge >= 0.3 is 5.97 Å². The molecule has 74 valence electrons. The third kappa shape index (κ3) is 2.10. The van der Waals surface area contributed by atoms with Crippen LogP contribution < -0.4 is 0 Å². The Hall–Kier alpha value is -1.38. The van der Waals surface area contributed by atoms with E-state index in [0.29, 0.717) is 12.3 Å². The van der Waals surface area contributed by atoms with Crippen LogP contribution in [0.2, 0.25) is 0 Å². The minimum atomic E-state index is -0.740. The van der Waals surface area contributed by atoms with E-state index in [1.165, 1.54) is 18.4 Å². The van der Waals surface area contributed by atoms with Crippen LogP contribution >= 0.6 is 0 Å². The standard InChI is InChI=1S/C11H13NO2/c13-11(14)4-3-9-7-12-6-5-10(9)8-1-2-8/h5-8H,1-4H2,(H,13,14). The van der Waals surface area contributed by atoms with Crippen LogP contribution in [-0.2, 0) is 11.2 Å². The third-order valence-corrected chi connectivity index (χ3v) is 2.57. The first-order valence-electron chi connectivity index (χ1n) is 4.92. The Morgan fingerprint density at radius 2 is 2.36 bits per heavy atom. The highest BCUT2D eigenvalue weighted by Crippen LogP contribution is 2.41. The second-order valence-corrected chi connectivity index (χ2v) is 3.74. The van der Waals surface area contributed by atoms with E-state index in [9.17, 15) is 4.79 Å². The maximum Gasteiger partial charge on any atom is 0.303 e. The first-order chi connectivity index (χ1) is 6.77. The summed E-state index contributed by atoms with van der Waals surface area (Å²) in [7, 11) is 0. The molecule has 0 amide bonds. The van der Waals surface area contributed by atoms with Crippen molar-refractivity contribution < 1.29 is 9.90 Å². The number of hydrogen-bond acceptors (Lipinski definition) is 2. The van der Waals surface area contributed by atoms with Crippen LogP contribution in [0, 0.1) is 0 Å². The van der Waals surface area contributed by atoms with Crippen LogP contribution in [0.5, 0.6) is 0 Å². The topological polar surface area (TPSA) is 50.2 Å². The van der Waals surface area contributed by atoms with E-state index in [2.05, 4.69) is 4.98 Å². The Morgan fingerprint density at radius 3 is 3.00 bits per heavy atom. The van der Waals surface area contributed by atoms with Gasteiger partial charge in [0.25, 0.3) is 0 Å². The monoisotopic (exact) mass is 191 g/mol. The van der Waals surface area contributed by atoms with E-state index >= 15 is 0 Å². The largest absolute Gasteiger partial charge is 0.481 e. The molecule has 1 aromatic rings. The number of aliphatic carboxylic acids is 1. The zero-order valence-electron chi connectivity index (χ0n) is 7.94. The van der Waals surface area contributed by atoms with Crippen molar-refractivity contribution in [2.24, 2.45) is 0 Å². The van der Waals surface area contributed by atoms with Gasteiger partial charge in [-0.2, -0.15) is 0 Å². The van der Waals surface area contributed by atoms with Crippen molar-refractivity contribution in [2.75, 3.05) is 0 Å². The molecule has 2 rings (SSSR count). The van der Waals surface area contributed by atoms with Gasteiger partial charge in [-0.1, -0.05) is 0 Å².